The van der Waals surface area contributed by atoms with Crippen molar-refractivity contribution in [3.8, 4) is 34.5 Å². The molecule has 0 fully saturated rings. The van der Waals surface area contributed by atoms with Crippen molar-refractivity contribution in [1.29, 1.82) is 0 Å². The van der Waals surface area contributed by atoms with E-state index in [2.05, 4.69) is 32.1 Å². The number of rotatable bonds is 15. The molecule has 19 heteroatoms. The van der Waals surface area contributed by atoms with Crippen molar-refractivity contribution in [3.05, 3.63) is 95.1 Å². The molecule has 0 saturated heterocycles. The van der Waals surface area contributed by atoms with Crippen LogP contribution >= 0.6 is 0 Å². The van der Waals surface area contributed by atoms with Crippen LogP contribution in [0.5, 0.6) is 34.5 Å². The first-order valence-electron chi connectivity index (χ1n) is 20.1. The van der Waals surface area contributed by atoms with Gasteiger partial charge in [0.2, 0.25) is 11.8 Å². The number of aliphatic carboxylic acids is 1. The van der Waals surface area contributed by atoms with E-state index in [1.165, 1.54) is 51.1 Å². The number of phenols is 5. The minimum atomic E-state index is -1.32. The van der Waals surface area contributed by atoms with Gasteiger partial charge in [-0.2, -0.15) is 0 Å². The van der Waals surface area contributed by atoms with Gasteiger partial charge in [-0.05, 0) is 110 Å². The number of ether oxygens (including phenoxy) is 1. The number of benzene rings is 4. The molecule has 0 radical (unpaired) electrons. The summed E-state index contributed by atoms with van der Waals surface area (Å²) in [5.41, 5.74) is 7.55. The minimum absolute atomic E-state index is 0. The number of aromatic hydroxyl groups is 5. The Hall–Kier alpha value is -6.80. The van der Waals surface area contributed by atoms with E-state index in [0.29, 0.717) is 41.6 Å². The van der Waals surface area contributed by atoms with Crippen molar-refractivity contribution < 1.29 is 54.6 Å². The molecular formula is C45H62N8O11. The lowest BCUT2D eigenvalue weighted by Crippen LogP contribution is -2.56. The maximum atomic E-state index is 12.9. The Bertz CT molecular complexity index is 2260. The molecule has 348 valence electrons. The molecule has 2 amide bonds. The SMILES string of the molecule is C.CC(=O)NCCC1CNc2ccc(O)cc21.CC(=O)NCCC1CNc2ccc(OC(=O)C(C)(Cc3ccc(O)c(O)c3)NN)cc21.CC(Cc1ccc(O)c(O)c1)(NN)C(=O)O. The van der Waals surface area contributed by atoms with Crippen LogP contribution in [0, 0.1) is 0 Å². The predicted octanol–water partition coefficient (Wildman–Crippen LogP) is 3.51. The number of carbonyl (C=O) groups excluding carboxylic acids is 3. The number of carbonyl (C=O) groups is 4. The van der Waals surface area contributed by atoms with Gasteiger partial charge in [0, 0.05) is 76.1 Å². The van der Waals surface area contributed by atoms with Crippen molar-refractivity contribution in [2.45, 2.75) is 83.7 Å². The molecule has 2 aliphatic rings. The van der Waals surface area contributed by atoms with Crippen LogP contribution in [0.1, 0.15) is 82.1 Å². The van der Waals surface area contributed by atoms with Crippen LogP contribution in [0.4, 0.5) is 11.4 Å². The normalized spacial score (nSPS) is 16.1. The number of hydrazine groups is 2. The number of anilines is 2. The number of amides is 2. The van der Waals surface area contributed by atoms with Crippen LogP contribution in [0.3, 0.4) is 0 Å². The van der Waals surface area contributed by atoms with E-state index >= 15 is 0 Å². The molecule has 0 saturated carbocycles. The molecule has 0 bridgehead atoms. The zero-order chi connectivity index (χ0) is 46.5. The number of carboxylic acid groups (broad SMARTS) is 1. The van der Waals surface area contributed by atoms with E-state index in [1.54, 1.807) is 31.2 Å². The monoisotopic (exact) mass is 890 g/mol. The van der Waals surface area contributed by atoms with Crippen LogP contribution in [-0.4, -0.2) is 91.6 Å². The highest BCUT2D eigenvalue weighted by Crippen LogP contribution is 2.37. The fraction of sp³-hybridized carbons (Fsp3) is 0.378. The first kappa shape index (κ1) is 51.5. The average molecular weight is 891 g/mol. The number of fused-ring (bicyclic) bond motifs is 2. The van der Waals surface area contributed by atoms with Gasteiger partial charge in [0.1, 0.15) is 22.6 Å². The third-order valence-corrected chi connectivity index (χ3v) is 10.7. The number of hydrogen-bond acceptors (Lipinski definition) is 16. The van der Waals surface area contributed by atoms with E-state index in [9.17, 15) is 39.6 Å². The fourth-order valence-electron chi connectivity index (χ4n) is 6.96. The first-order chi connectivity index (χ1) is 29.8. The Morgan fingerprint density at radius 1 is 0.656 bits per heavy atom. The molecule has 4 aromatic carbocycles. The smallest absolute Gasteiger partial charge is 0.333 e. The lowest BCUT2D eigenvalue weighted by atomic mass is 9.93. The summed E-state index contributed by atoms with van der Waals surface area (Å²) < 4.78 is 5.62. The summed E-state index contributed by atoms with van der Waals surface area (Å²) in [6.07, 6.45) is 1.89. The van der Waals surface area contributed by atoms with Gasteiger partial charge in [0.25, 0.3) is 0 Å². The minimum Gasteiger partial charge on any atom is -0.508 e. The number of esters is 1. The summed E-state index contributed by atoms with van der Waals surface area (Å²) in [6, 6.07) is 19.2. The highest BCUT2D eigenvalue weighted by atomic mass is 16.5. The first-order valence-corrected chi connectivity index (χ1v) is 20.1. The zero-order valence-corrected chi connectivity index (χ0v) is 35.6. The molecule has 4 atom stereocenters. The van der Waals surface area contributed by atoms with Gasteiger partial charge in [-0.3, -0.25) is 26.1 Å². The Balaban J connectivity index is 0.000000278. The van der Waals surface area contributed by atoms with E-state index in [4.69, 9.17) is 26.6 Å². The van der Waals surface area contributed by atoms with Crippen molar-refractivity contribution in [2.24, 2.45) is 11.7 Å². The molecule has 0 aromatic heterocycles. The van der Waals surface area contributed by atoms with Crippen molar-refractivity contribution in [1.82, 2.24) is 21.5 Å². The van der Waals surface area contributed by atoms with E-state index in [0.717, 1.165) is 48.4 Å². The third kappa shape index (κ3) is 14.1. The van der Waals surface area contributed by atoms with E-state index in [-0.39, 0.29) is 61.0 Å². The van der Waals surface area contributed by atoms with E-state index in [1.807, 2.05) is 18.2 Å². The Morgan fingerprint density at radius 3 is 1.55 bits per heavy atom. The number of carboxylic acids is 1. The van der Waals surface area contributed by atoms with Gasteiger partial charge in [0.05, 0.1) is 0 Å². The third-order valence-electron chi connectivity index (χ3n) is 10.7. The summed E-state index contributed by atoms with van der Waals surface area (Å²) in [4.78, 5) is 45.7. The molecule has 2 aliphatic heterocycles. The lowest BCUT2D eigenvalue weighted by molar-refractivity contribution is -0.144. The van der Waals surface area contributed by atoms with Crippen molar-refractivity contribution in [3.63, 3.8) is 0 Å². The molecule has 6 rings (SSSR count). The summed E-state index contributed by atoms with van der Waals surface area (Å²) in [6.45, 7) is 8.91. The van der Waals surface area contributed by atoms with Gasteiger partial charge in [-0.15, -0.1) is 0 Å². The molecule has 16 N–H and O–H groups in total. The molecule has 4 unspecified atom stereocenters. The number of nitrogens with one attached hydrogen (secondary N) is 6. The summed E-state index contributed by atoms with van der Waals surface area (Å²) in [5.74, 6) is 9.30. The zero-order valence-electron chi connectivity index (χ0n) is 35.6. The standard InChI is InChI=1S/C22H28N4O5.C12H16N2O2.C10H14N2O4.CH4/c1-13(27)24-8-7-15-12-25-18-5-4-16(10-17(15)18)31-21(30)22(2,26-23)11-14-3-6-19(28)20(29)9-14;1-8(15)13-5-4-9-7-14-12-3-2-10(16)6-11(9)12;1-10(12-11,9(15)16)5-6-2-3-7(13)8(14)4-6;/h3-6,9-10,15,25-26,28-29H,7-8,11-12,23H2,1-2H3,(H,24,27);2-3,6,9,14,16H,4-5,7H2,1H3,(H,13,15);2-4,12-14H,5,11H2,1H3,(H,15,16);1H4. The molecule has 0 spiro atoms. The number of phenolic OH excluding ortho intramolecular Hbond substituents is 5. The summed E-state index contributed by atoms with van der Waals surface area (Å²) in [5, 5.41) is 68.1. The Morgan fingerprint density at radius 2 is 1.11 bits per heavy atom. The van der Waals surface area contributed by atoms with Crippen LogP contribution in [0.2, 0.25) is 0 Å². The second-order valence-electron chi connectivity index (χ2n) is 15.9. The maximum Gasteiger partial charge on any atom is 0.333 e. The highest BCUT2D eigenvalue weighted by molar-refractivity contribution is 5.83. The van der Waals surface area contributed by atoms with Gasteiger partial charge < -0.3 is 56.6 Å². The largest absolute Gasteiger partial charge is 0.508 e. The summed E-state index contributed by atoms with van der Waals surface area (Å²) >= 11 is 0. The highest BCUT2D eigenvalue weighted by Gasteiger charge is 2.36. The molecular weight excluding hydrogens is 829 g/mol. The second-order valence-corrected chi connectivity index (χ2v) is 15.9. The molecule has 2 heterocycles. The number of nitrogens with two attached hydrogens (primary N) is 2. The number of hydrogen-bond donors (Lipinski definition) is 14. The van der Waals surface area contributed by atoms with Crippen LogP contribution in [0.25, 0.3) is 0 Å². The molecule has 64 heavy (non-hydrogen) atoms. The van der Waals surface area contributed by atoms with Gasteiger partial charge >= 0.3 is 11.9 Å². The van der Waals surface area contributed by atoms with Gasteiger partial charge in [-0.1, -0.05) is 19.6 Å². The quantitative estimate of drug-likeness (QED) is 0.0203. The van der Waals surface area contributed by atoms with Crippen molar-refractivity contribution in [2.75, 3.05) is 36.8 Å². The average Bonchev–Trinajstić information content (AvgIpc) is 3.83. The molecule has 19 nitrogen and oxygen atoms in total. The van der Waals surface area contributed by atoms with E-state index < -0.39 is 23.0 Å². The Labute approximate surface area is 372 Å². The fourth-order valence-corrected chi connectivity index (χ4v) is 6.96. The van der Waals surface area contributed by atoms with Crippen LogP contribution < -0.4 is 48.5 Å². The lowest BCUT2D eigenvalue weighted by Gasteiger charge is -2.26. The molecule has 4 aromatic rings. The van der Waals surface area contributed by atoms with Gasteiger partial charge in [-0.25, -0.2) is 15.6 Å². The van der Waals surface area contributed by atoms with Crippen LogP contribution in [-0.2, 0) is 32.0 Å². The Kier molecular flexibility index (Phi) is 18.6. The van der Waals surface area contributed by atoms with Crippen molar-refractivity contribution >= 4 is 35.1 Å². The van der Waals surface area contributed by atoms with Crippen LogP contribution in [0.15, 0.2) is 72.8 Å². The maximum absolute atomic E-state index is 12.9. The molecule has 0 aliphatic carbocycles. The predicted molar refractivity (Wildman–Crippen MR) is 242 cm³/mol. The van der Waals surface area contributed by atoms with Gasteiger partial charge in [0.15, 0.2) is 23.0 Å². The summed E-state index contributed by atoms with van der Waals surface area (Å²) in [7, 11) is 0. The topological polar surface area (TPSA) is 323 Å². The second kappa shape index (κ2) is 23.0.